The van der Waals surface area contributed by atoms with Crippen LogP contribution >= 0.6 is 0 Å². The average Bonchev–Trinajstić information content (AvgIpc) is 3.66. The molecule has 3 nitrogen and oxygen atoms in total. The molecule has 56 heavy (non-hydrogen) atoms. The lowest BCUT2D eigenvalue weighted by molar-refractivity contribution is 0.195. The van der Waals surface area contributed by atoms with E-state index in [9.17, 15) is 0 Å². The second kappa shape index (κ2) is 10.2. The summed E-state index contributed by atoms with van der Waals surface area (Å²) in [5.41, 5.74) is 20.3. The minimum absolute atomic E-state index is 0.0130. The summed E-state index contributed by atoms with van der Waals surface area (Å²) >= 11 is 0. The number of aromatic nitrogens is 1. The van der Waals surface area contributed by atoms with E-state index in [-0.39, 0.29) is 23.2 Å². The highest BCUT2D eigenvalue weighted by Crippen LogP contribution is 2.63. The first-order chi connectivity index (χ1) is 27.2. The maximum atomic E-state index is 2.85. The second-order valence-electron chi connectivity index (χ2n) is 18.4. The Hall–Kier alpha value is -5.74. The summed E-state index contributed by atoms with van der Waals surface area (Å²) in [6.07, 6.45) is 4.91. The van der Waals surface area contributed by atoms with E-state index in [4.69, 9.17) is 0 Å². The van der Waals surface area contributed by atoms with Crippen LogP contribution in [0.15, 0.2) is 127 Å². The van der Waals surface area contributed by atoms with Crippen molar-refractivity contribution in [1.29, 1.82) is 0 Å². The van der Waals surface area contributed by atoms with Gasteiger partial charge in [0.05, 0.1) is 22.3 Å². The van der Waals surface area contributed by atoms with Crippen LogP contribution in [-0.2, 0) is 10.8 Å². The summed E-state index contributed by atoms with van der Waals surface area (Å²) < 4.78 is 2.76. The van der Waals surface area contributed by atoms with Gasteiger partial charge >= 0.3 is 6.85 Å². The lowest BCUT2D eigenvalue weighted by Crippen LogP contribution is -2.61. The van der Waals surface area contributed by atoms with E-state index in [1.165, 1.54) is 131 Å². The largest absolute Gasteiger partial charge is 0.376 e. The number of fused-ring (bicyclic) bond motifs is 9. The predicted molar refractivity (Wildman–Crippen MR) is 237 cm³/mol. The second-order valence-corrected chi connectivity index (χ2v) is 18.4. The summed E-state index contributed by atoms with van der Waals surface area (Å²) in [6, 6.07) is 49.4. The summed E-state index contributed by atoms with van der Waals surface area (Å²) in [5, 5.41) is 5.47. The molecule has 1 aliphatic carbocycles. The molecular weight excluding hydrogens is 677 g/mol. The molecule has 1 aromatic heterocycles. The van der Waals surface area contributed by atoms with Crippen LogP contribution in [0.25, 0.3) is 49.4 Å². The van der Waals surface area contributed by atoms with E-state index in [0.717, 1.165) is 0 Å². The fraction of sp³-hybridized carbons (Fsp3) is 0.231. The van der Waals surface area contributed by atoms with Crippen molar-refractivity contribution in [2.45, 2.75) is 76.7 Å². The molecule has 2 atom stereocenters. The van der Waals surface area contributed by atoms with Crippen LogP contribution in [0.2, 0.25) is 0 Å². The van der Waals surface area contributed by atoms with E-state index in [1.54, 1.807) is 0 Å². The predicted octanol–water partition coefficient (Wildman–Crippen LogP) is 11.9. The highest BCUT2D eigenvalue weighted by molar-refractivity contribution is 6.94. The highest BCUT2D eigenvalue weighted by Gasteiger charge is 2.58. The Morgan fingerprint density at radius 2 is 1.34 bits per heavy atom. The van der Waals surface area contributed by atoms with E-state index < -0.39 is 0 Å². The Morgan fingerprint density at radius 1 is 0.607 bits per heavy atom. The van der Waals surface area contributed by atoms with Crippen molar-refractivity contribution in [2.75, 3.05) is 9.71 Å². The van der Waals surface area contributed by atoms with Gasteiger partial charge in [0.2, 0.25) is 0 Å². The first-order valence-electron chi connectivity index (χ1n) is 20.8. The smallest absolute Gasteiger partial charge is 0.333 e. The van der Waals surface area contributed by atoms with Gasteiger partial charge in [0.1, 0.15) is 0 Å². The number of anilines is 4. The number of rotatable bonds is 2. The third-order valence-corrected chi connectivity index (χ3v) is 15.5. The minimum atomic E-state index is -0.218. The summed E-state index contributed by atoms with van der Waals surface area (Å²) in [5.74, 6) is 0. The third kappa shape index (κ3) is 3.43. The van der Waals surface area contributed by atoms with Crippen LogP contribution < -0.4 is 20.6 Å². The Kier molecular flexibility index (Phi) is 5.71. The van der Waals surface area contributed by atoms with Gasteiger partial charge in [0, 0.05) is 49.9 Å². The van der Waals surface area contributed by atoms with Gasteiger partial charge in [-0.25, -0.2) is 0 Å². The van der Waals surface area contributed by atoms with Gasteiger partial charge in [-0.15, -0.1) is 0 Å². The lowest BCUT2D eigenvalue weighted by Gasteiger charge is -2.51. The number of nitrogens with zero attached hydrogens (tertiary/aromatic N) is 3. The Labute approximate surface area is 329 Å². The Morgan fingerprint density at radius 3 is 2.20 bits per heavy atom. The zero-order chi connectivity index (χ0) is 37.5. The van der Waals surface area contributed by atoms with Crippen LogP contribution in [-0.4, -0.2) is 17.0 Å². The summed E-state index contributed by atoms with van der Waals surface area (Å²) in [6.45, 7) is 12.3. The number of hydrogen-bond donors (Lipinski definition) is 0. The topological polar surface area (TPSA) is 11.4 Å². The first-order valence-corrected chi connectivity index (χ1v) is 20.8. The molecule has 5 aliphatic rings. The molecule has 0 spiro atoms. The van der Waals surface area contributed by atoms with E-state index >= 15 is 0 Å². The molecule has 7 aromatic carbocycles. The fourth-order valence-electron chi connectivity index (χ4n) is 12.8. The Bertz CT molecular complexity index is 3080. The van der Waals surface area contributed by atoms with Crippen molar-refractivity contribution in [3.05, 3.63) is 150 Å². The lowest BCUT2D eigenvalue weighted by atomic mass is 9.43. The quantitative estimate of drug-likeness (QED) is 0.165. The van der Waals surface area contributed by atoms with Crippen LogP contribution in [0.4, 0.5) is 22.7 Å². The van der Waals surface area contributed by atoms with E-state index in [2.05, 4.69) is 176 Å². The molecule has 13 rings (SSSR count). The van der Waals surface area contributed by atoms with Gasteiger partial charge in [-0.05, 0) is 107 Å². The summed E-state index contributed by atoms with van der Waals surface area (Å²) in [7, 11) is 0. The van der Waals surface area contributed by atoms with Gasteiger partial charge in [-0.2, -0.15) is 0 Å². The van der Waals surface area contributed by atoms with Gasteiger partial charge in [-0.1, -0.05) is 130 Å². The van der Waals surface area contributed by atoms with Crippen LogP contribution in [0.1, 0.15) is 75.6 Å². The zero-order valence-electron chi connectivity index (χ0n) is 32.9. The monoisotopic (exact) mass is 721 g/mol. The zero-order valence-corrected chi connectivity index (χ0v) is 32.9. The van der Waals surface area contributed by atoms with E-state index in [1.807, 2.05) is 0 Å². The molecule has 270 valence electrons. The molecule has 0 radical (unpaired) electrons. The first kappa shape index (κ1) is 31.5. The molecule has 5 heterocycles. The van der Waals surface area contributed by atoms with Gasteiger partial charge in [-0.3, -0.25) is 0 Å². The van der Waals surface area contributed by atoms with Crippen LogP contribution in [0.3, 0.4) is 0 Å². The van der Waals surface area contributed by atoms with Crippen molar-refractivity contribution in [2.24, 2.45) is 0 Å². The molecule has 2 unspecified atom stereocenters. The van der Waals surface area contributed by atoms with E-state index in [0.29, 0.717) is 0 Å². The molecule has 0 saturated heterocycles. The molecule has 4 heteroatoms. The SMILES string of the molecule is Cc1ccc(N2B3c4cccc5c4-n4c6c(c7ccccc7cc6c6c(N7c8ccccc8C8(C)CCCCC78C)cc(c3c64)-c3ccccc32)C5(C)C)cc1. The number of aryl methyl sites for hydroxylation is 1. The molecule has 4 aliphatic heterocycles. The molecule has 0 amide bonds. The van der Waals surface area contributed by atoms with Crippen molar-refractivity contribution in [3.8, 4) is 16.8 Å². The standard InChI is InChI=1S/C52H44BN3/c1-31-23-25-33(26-24-31)56-41-21-10-8-17-35(41)36-30-43(55-42-22-11-9-18-38(42)51(4)27-12-13-28-52(51,55)5)44-37-29-32-15-6-7-16-34(32)45-47(37)54-48-39(50(45,2)3)19-14-20-40(48)53(56)46(36)49(44)54/h6-11,14-26,29-30H,12-13,27-28H2,1-5H3. The normalized spacial score (nSPS) is 21.9. The molecule has 0 bridgehead atoms. The minimum Gasteiger partial charge on any atom is -0.376 e. The Balaban J connectivity index is 1.28. The molecule has 1 saturated carbocycles. The maximum Gasteiger partial charge on any atom is 0.333 e. The van der Waals surface area contributed by atoms with Crippen LogP contribution in [0.5, 0.6) is 0 Å². The van der Waals surface area contributed by atoms with Crippen molar-refractivity contribution >= 4 is 73.1 Å². The van der Waals surface area contributed by atoms with Crippen molar-refractivity contribution in [3.63, 3.8) is 0 Å². The molecular formula is C52H44BN3. The van der Waals surface area contributed by atoms with Gasteiger partial charge in [0.15, 0.2) is 0 Å². The van der Waals surface area contributed by atoms with Crippen molar-refractivity contribution in [1.82, 2.24) is 4.57 Å². The maximum absolute atomic E-state index is 2.85. The highest BCUT2D eigenvalue weighted by atomic mass is 15.3. The molecule has 0 N–H and O–H groups in total. The number of para-hydroxylation sites is 3. The average molecular weight is 722 g/mol. The number of benzene rings is 7. The molecule has 1 fully saturated rings. The van der Waals surface area contributed by atoms with Crippen molar-refractivity contribution < 1.29 is 0 Å². The molecule has 8 aromatic rings. The van der Waals surface area contributed by atoms with Gasteiger partial charge < -0.3 is 14.3 Å². The fourth-order valence-corrected chi connectivity index (χ4v) is 12.8. The van der Waals surface area contributed by atoms with Crippen LogP contribution in [0, 0.1) is 6.92 Å². The third-order valence-electron chi connectivity index (χ3n) is 15.5. The van der Waals surface area contributed by atoms with Gasteiger partial charge in [0.25, 0.3) is 0 Å². The summed E-state index contributed by atoms with van der Waals surface area (Å²) in [4.78, 5) is 5.51. The number of hydrogen-bond acceptors (Lipinski definition) is 2.